The topological polar surface area (TPSA) is 50.2 Å². The molecule has 1 N–H and O–H groups in total. The van der Waals surface area contributed by atoms with Gasteiger partial charge >= 0.3 is 0 Å². The van der Waals surface area contributed by atoms with Gasteiger partial charge in [0.1, 0.15) is 5.15 Å². The molecule has 86 valence electrons. The lowest BCUT2D eigenvalue weighted by molar-refractivity contribution is 1.16. The molecule has 0 radical (unpaired) electrons. The van der Waals surface area contributed by atoms with E-state index in [9.17, 15) is 0 Å². The molecule has 0 amide bonds. The monoisotopic (exact) mass is 266 g/mol. The van der Waals surface area contributed by atoms with Gasteiger partial charge in [0.05, 0.1) is 18.6 Å². The van der Waals surface area contributed by atoms with E-state index in [0.29, 0.717) is 16.0 Å². The number of hydrogen-bond donors (Lipinski definition) is 1. The van der Waals surface area contributed by atoms with Gasteiger partial charge in [-0.2, -0.15) is 5.10 Å². The van der Waals surface area contributed by atoms with Gasteiger partial charge in [-0.3, -0.25) is 10.4 Å². The van der Waals surface area contributed by atoms with E-state index in [-0.39, 0.29) is 0 Å². The van der Waals surface area contributed by atoms with Gasteiger partial charge in [0, 0.05) is 5.02 Å². The SMILES string of the molecule is Clc1ccc(/C=N/Nc2cncc(Cl)n2)cc1. The van der Waals surface area contributed by atoms with Crippen LogP contribution in [0.5, 0.6) is 0 Å². The van der Waals surface area contributed by atoms with Crippen LogP contribution in [0.15, 0.2) is 41.8 Å². The molecule has 0 fully saturated rings. The second-order valence-corrected chi connectivity index (χ2v) is 3.97. The molecule has 17 heavy (non-hydrogen) atoms. The van der Waals surface area contributed by atoms with Crippen LogP contribution in [0, 0.1) is 0 Å². The predicted molar refractivity (Wildman–Crippen MR) is 69.7 cm³/mol. The number of hydrazone groups is 1. The Morgan fingerprint density at radius 1 is 1.12 bits per heavy atom. The molecule has 1 heterocycles. The van der Waals surface area contributed by atoms with Crippen molar-refractivity contribution in [2.45, 2.75) is 0 Å². The number of benzene rings is 1. The fourth-order valence-corrected chi connectivity index (χ4v) is 1.39. The minimum atomic E-state index is 0.316. The van der Waals surface area contributed by atoms with Crippen LogP contribution in [0.2, 0.25) is 10.2 Å². The van der Waals surface area contributed by atoms with Crippen molar-refractivity contribution in [3.8, 4) is 0 Å². The molecule has 6 heteroatoms. The predicted octanol–water partition coefficient (Wildman–Crippen LogP) is 3.23. The molecule has 2 aromatic rings. The number of halogens is 2. The van der Waals surface area contributed by atoms with Crippen molar-refractivity contribution in [3.63, 3.8) is 0 Å². The molecule has 0 aliphatic heterocycles. The van der Waals surface area contributed by atoms with Crippen LogP contribution in [0.3, 0.4) is 0 Å². The first-order valence-corrected chi connectivity index (χ1v) is 5.52. The largest absolute Gasteiger partial charge is 0.260 e. The Kier molecular flexibility index (Phi) is 3.90. The van der Waals surface area contributed by atoms with Gasteiger partial charge in [-0.05, 0) is 17.7 Å². The summed E-state index contributed by atoms with van der Waals surface area (Å²) < 4.78 is 0. The molecule has 0 aliphatic rings. The zero-order valence-corrected chi connectivity index (χ0v) is 10.2. The van der Waals surface area contributed by atoms with Gasteiger partial charge in [0.25, 0.3) is 0 Å². The highest BCUT2D eigenvalue weighted by Crippen LogP contribution is 2.08. The summed E-state index contributed by atoms with van der Waals surface area (Å²) in [4.78, 5) is 7.85. The zero-order chi connectivity index (χ0) is 12.1. The molecule has 0 saturated heterocycles. The van der Waals surface area contributed by atoms with Crippen LogP contribution in [0.25, 0.3) is 0 Å². The Morgan fingerprint density at radius 3 is 2.59 bits per heavy atom. The molecular formula is C11H8Cl2N4. The van der Waals surface area contributed by atoms with Gasteiger partial charge in [-0.25, -0.2) is 4.98 Å². The Balaban J connectivity index is 2.00. The quantitative estimate of drug-likeness (QED) is 0.686. The molecule has 0 atom stereocenters. The van der Waals surface area contributed by atoms with Crippen molar-refractivity contribution in [3.05, 3.63) is 52.4 Å². The summed E-state index contributed by atoms with van der Waals surface area (Å²) in [6, 6.07) is 7.30. The van der Waals surface area contributed by atoms with Crippen molar-refractivity contribution < 1.29 is 0 Å². The molecule has 0 bridgehead atoms. The van der Waals surface area contributed by atoms with Crippen LogP contribution in [0.1, 0.15) is 5.56 Å². The molecule has 0 spiro atoms. The van der Waals surface area contributed by atoms with Gasteiger partial charge in [0.2, 0.25) is 0 Å². The molecule has 0 unspecified atom stereocenters. The molecule has 0 aliphatic carbocycles. The Morgan fingerprint density at radius 2 is 1.88 bits per heavy atom. The van der Waals surface area contributed by atoms with Gasteiger partial charge in [-0.15, -0.1) is 0 Å². The van der Waals surface area contributed by atoms with E-state index >= 15 is 0 Å². The third kappa shape index (κ3) is 3.69. The highest BCUT2D eigenvalue weighted by Gasteiger charge is 1.93. The first kappa shape index (κ1) is 11.8. The first-order valence-electron chi connectivity index (χ1n) is 4.76. The number of hydrogen-bond acceptors (Lipinski definition) is 4. The lowest BCUT2D eigenvalue weighted by Gasteiger charge is -1.98. The van der Waals surface area contributed by atoms with E-state index in [1.807, 2.05) is 12.1 Å². The molecule has 0 saturated carbocycles. The van der Waals surface area contributed by atoms with Crippen molar-refractivity contribution in [2.75, 3.05) is 5.43 Å². The van der Waals surface area contributed by atoms with Crippen LogP contribution < -0.4 is 5.43 Å². The summed E-state index contributed by atoms with van der Waals surface area (Å²) in [5.41, 5.74) is 3.65. The minimum absolute atomic E-state index is 0.316. The Hall–Kier alpha value is -1.65. The lowest BCUT2D eigenvalue weighted by Crippen LogP contribution is -1.94. The molecule has 1 aromatic carbocycles. The molecule has 2 rings (SSSR count). The van der Waals surface area contributed by atoms with Gasteiger partial charge in [0.15, 0.2) is 5.82 Å². The van der Waals surface area contributed by atoms with Crippen LogP contribution in [-0.2, 0) is 0 Å². The summed E-state index contributed by atoms with van der Waals surface area (Å²) in [5, 5.41) is 5.01. The summed E-state index contributed by atoms with van der Waals surface area (Å²) >= 11 is 11.4. The normalized spacial score (nSPS) is 10.7. The summed E-state index contributed by atoms with van der Waals surface area (Å²) in [7, 11) is 0. The Bertz CT molecular complexity index is 525. The van der Waals surface area contributed by atoms with E-state index in [4.69, 9.17) is 23.2 Å². The number of rotatable bonds is 3. The molecule has 4 nitrogen and oxygen atoms in total. The van der Waals surface area contributed by atoms with Crippen LogP contribution in [-0.4, -0.2) is 16.2 Å². The molecule has 1 aromatic heterocycles. The standard InChI is InChI=1S/C11H8Cl2N4/c12-9-3-1-8(2-4-9)5-15-17-11-7-14-6-10(13)16-11/h1-7H,(H,16,17)/b15-5+. The zero-order valence-electron chi connectivity index (χ0n) is 8.64. The van der Waals surface area contributed by atoms with Crippen molar-refractivity contribution in [1.82, 2.24) is 9.97 Å². The second-order valence-electron chi connectivity index (χ2n) is 3.15. The average Bonchev–Trinajstić information content (AvgIpc) is 2.32. The maximum Gasteiger partial charge on any atom is 0.166 e. The first-order chi connectivity index (χ1) is 8.24. The summed E-state index contributed by atoms with van der Waals surface area (Å²) in [6.07, 6.45) is 4.64. The van der Waals surface area contributed by atoms with E-state index in [0.717, 1.165) is 5.56 Å². The average molecular weight is 267 g/mol. The van der Waals surface area contributed by atoms with E-state index in [1.54, 1.807) is 18.3 Å². The lowest BCUT2D eigenvalue weighted by atomic mass is 10.2. The third-order valence-electron chi connectivity index (χ3n) is 1.87. The highest BCUT2D eigenvalue weighted by molar-refractivity contribution is 6.30. The van der Waals surface area contributed by atoms with Crippen molar-refractivity contribution >= 4 is 35.2 Å². The van der Waals surface area contributed by atoms with Crippen molar-refractivity contribution in [1.29, 1.82) is 0 Å². The van der Waals surface area contributed by atoms with Crippen LogP contribution in [0.4, 0.5) is 5.82 Å². The smallest absolute Gasteiger partial charge is 0.166 e. The molecular weight excluding hydrogens is 259 g/mol. The number of aromatic nitrogens is 2. The maximum atomic E-state index is 5.77. The van der Waals surface area contributed by atoms with E-state index in [2.05, 4.69) is 20.5 Å². The van der Waals surface area contributed by atoms with Crippen LogP contribution >= 0.6 is 23.2 Å². The fraction of sp³-hybridized carbons (Fsp3) is 0. The Labute approximate surface area is 108 Å². The van der Waals surface area contributed by atoms with Gasteiger partial charge < -0.3 is 0 Å². The second kappa shape index (κ2) is 5.61. The fourth-order valence-electron chi connectivity index (χ4n) is 1.12. The van der Waals surface area contributed by atoms with Gasteiger partial charge in [-0.1, -0.05) is 35.3 Å². The van der Waals surface area contributed by atoms with Crippen molar-refractivity contribution in [2.24, 2.45) is 5.10 Å². The van der Waals surface area contributed by atoms with E-state index < -0.39 is 0 Å². The summed E-state index contributed by atoms with van der Waals surface area (Å²) in [5.74, 6) is 0.489. The highest BCUT2D eigenvalue weighted by atomic mass is 35.5. The number of nitrogens with one attached hydrogen (secondary N) is 1. The maximum absolute atomic E-state index is 5.77. The third-order valence-corrected chi connectivity index (χ3v) is 2.30. The van der Waals surface area contributed by atoms with E-state index in [1.165, 1.54) is 12.4 Å². The summed E-state index contributed by atoms with van der Waals surface area (Å²) in [6.45, 7) is 0. The minimum Gasteiger partial charge on any atom is -0.260 e. The number of anilines is 1. The number of nitrogens with zero attached hydrogens (tertiary/aromatic N) is 3.